The van der Waals surface area contributed by atoms with Gasteiger partial charge in [-0.15, -0.1) is 0 Å². The Balaban J connectivity index is 2.05. The van der Waals surface area contributed by atoms with Crippen molar-refractivity contribution in [3.8, 4) is 17.2 Å². The number of amides is 1. The van der Waals surface area contributed by atoms with Crippen LogP contribution in [0.15, 0.2) is 47.1 Å². The molecule has 0 radical (unpaired) electrons. The van der Waals surface area contributed by atoms with Crippen molar-refractivity contribution >= 4 is 17.8 Å². The highest BCUT2D eigenvalue weighted by Gasteiger charge is 2.24. The molecule has 1 aliphatic rings. The number of carbonyl (C=O) groups is 1. The van der Waals surface area contributed by atoms with Gasteiger partial charge in [0.2, 0.25) is 5.75 Å². The summed E-state index contributed by atoms with van der Waals surface area (Å²) in [4.78, 5) is 16.5. The van der Waals surface area contributed by atoms with E-state index in [1.807, 2.05) is 0 Å². The molecule has 0 spiro atoms. The summed E-state index contributed by atoms with van der Waals surface area (Å²) in [6, 6.07) is 9.52. The Bertz CT molecular complexity index is 922. The van der Waals surface area contributed by atoms with E-state index < -0.39 is 11.7 Å². The summed E-state index contributed by atoms with van der Waals surface area (Å²) in [5, 5.41) is 2.58. The second-order valence-electron chi connectivity index (χ2n) is 5.35. The standard InChI is InChI=1S/C19H17FN2O4/c1-24-15-9-8-11(16(25-2)17(15)26-3)10-14-19(23)22-18(21-14)12-6-4-5-7-13(12)20/h4-10H,1-3H3,(H,21,22,23). The third kappa shape index (κ3) is 3.11. The topological polar surface area (TPSA) is 69.2 Å². The number of methoxy groups -OCH3 is 3. The first-order valence-corrected chi connectivity index (χ1v) is 7.74. The summed E-state index contributed by atoms with van der Waals surface area (Å²) in [5.41, 5.74) is 0.936. The molecular weight excluding hydrogens is 339 g/mol. The Labute approximate surface area is 149 Å². The maximum atomic E-state index is 13.9. The molecule has 2 aromatic carbocycles. The van der Waals surface area contributed by atoms with Crippen LogP contribution in [0.25, 0.3) is 6.08 Å². The fraction of sp³-hybridized carbons (Fsp3) is 0.158. The van der Waals surface area contributed by atoms with Gasteiger partial charge in [-0.05, 0) is 30.3 Å². The number of hydrogen-bond donors (Lipinski definition) is 1. The molecule has 1 amide bonds. The van der Waals surface area contributed by atoms with E-state index in [4.69, 9.17) is 14.2 Å². The summed E-state index contributed by atoms with van der Waals surface area (Å²) >= 11 is 0. The molecule has 7 heteroatoms. The lowest BCUT2D eigenvalue weighted by Gasteiger charge is -2.14. The lowest BCUT2D eigenvalue weighted by Crippen LogP contribution is -2.25. The largest absolute Gasteiger partial charge is 0.493 e. The van der Waals surface area contributed by atoms with Gasteiger partial charge in [0.25, 0.3) is 5.91 Å². The summed E-state index contributed by atoms with van der Waals surface area (Å²) in [7, 11) is 4.50. The molecule has 1 N–H and O–H groups in total. The van der Waals surface area contributed by atoms with Crippen LogP contribution in [0.3, 0.4) is 0 Å². The van der Waals surface area contributed by atoms with Gasteiger partial charge in [-0.25, -0.2) is 9.38 Å². The first-order chi connectivity index (χ1) is 12.6. The zero-order valence-electron chi connectivity index (χ0n) is 14.5. The minimum atomic E-state index is -0.462. The number of aliphatic imine (C=N–C) groups is 1. The lowest BCUT2D eigenvalue weighted by molar-refractivity contribution is -0.115. The fourth-order valence-electron chi connectivity index (χ4n) is 2.63. The molecule has 0 fully saturated rings. The molecule has 0 saturated carbocycles. The Hall–Kier alpha value is -3.35. The average Bonchev–Trinajstić information content (AvgIpc) is 3.01. The molecule has 0 aliphatic carbocycles. The number of benzene rings is 2. The predicted octanol–water partition coefficient (Wildman–Crippen LogP) is 2.77. The van der Waals surface area contributed by atoms with E-state index in [0.29, 0.717) is 22.8 Å². The summed E-state index contributed by atoms with van der Waals surface area (Å²) in [6.07, 6.45) is 1.55. The monoisotopic (exact) mass is 356 g/mol. The van der Waals surface area contributed by atoms with Gasteiger partial charge in [-0.2, -0.15) is 0 Å². The number of halogens is 1. The van der Waals surface area contributed by atoms with E-state index in [9.17, 15) is 9.18 Å². The minimum Gasteiger partial charge on any atom is -0.493 e. The minimum absolute atomic E-state index is 0.133. The van der Waals surface area contributed by atoms with E-state index >= 15 is 0 Å². The highest BCUT2D eigenvalue weighted by molar-refractivity contribution is 6.20. The van der Waals surface area contributed by atoms with Gasteiger partial charge in [-0.3, -0.25) is 4.79 Å². The molecule has 3 rings (SSSR count). The first-order valence-electron chi connectivity index (χ1n) is 7.74. The summed E-state index contributed by atoms with van der Waals surface area (Å²) in [5.74, 6) is 0.580. The quantitative estimate of drug-likeness (QED) is 0.837. The van der Waals surface area contributed by atoms with Crippen LogP contribution in [0, 0.1) is 5.82 Å². The van der Waals surface area contributed by atoms with Crippen LogP contribution in [0.4, 0.5) is 4.39 Å². The lowest BCUT2D eigenvalue weighted by atomic mass is 10.1. The van der Waals surface area contributed by atoms with Gasteiger partial charge in [0, 0.05) is 5.56 Å². The predicted molar refractivity (Wildman–Crippen MR) is 95.2 cm³/mol. The molecule has 6 nitrogen and oxygen atoms in total. The Morgan fingerprint density at radius 3 is 2.38 bits per heavy atom. The van der Waals surface area contributed by atoms with Gasteiger partial charge < -0.3 is 19.5 Å². The molecule has 2 aromatic rings. The second-order valence-corrected chi connectivity index (χ2v) is 5.35. The number of amidine groups is 1. The number of nitrogens with one attached hydrogen (secondary N) is 1. The van der Waals surface area contributed by atoms with Gasteiger partial charge >= 0.3 is 0 Å². The molecule has 0 saturated heterocycles. The van der Waals surface area contributed by atoms with Gasteiger partial charge in [0.05, 0.1) is 26.9 Å². The zero-order valence-corrected chi connectivity index (χ0v) is 14.5. The molecule has 0 unspecified atom stereocenters. The normalized spacial score (nSPS) is 14.8. The van der Waals surface area contributed by atoms with Crippen molar-refractivity contribution in [3.63, 3.8) is 0 Å². The number of ether oxygens (including phenoxy) is 3. The van der Waals surface area contributed by atoms with Crippen LogP contribution < -0.4 is 19.5 Å². The van der Waals surface area contributed by atoms with Crippen LogP contribution in [-0.4, -0.2) is 33.1 Å². The van der Waals surface area contributed by atoms with Gasteiger partial charge in [0.1, 0.15) is 17.3 Å². The van der Waals surface area contributed by atoms with Gasteiger partial charge in [0.15, 0.2) is 11.5 Å². The van der Waals surface area contributed by atoms with Crippen molar-refractivity contribution in [1.29, 1.82) is 0 Å². The van der Waals surface area contributed by atoms with Crippen molar-refractivity contribution in [1.82, 2.24) is 5.32 Å². The van der Waals surface area contributed by atoms with Crippen LogP contribution in [-0.2, 0) is 4.79 Å². The number of carbonyl (C=O) groups excluding carboxylic acids is 1. The third-order valence-electron chi connectivity index (χ3n) is 3.85. The van der Waals surface area contributed by atoms with Crippen LogP contribution in [0.2, 0.25) is 0 Å². The van der Waals surface area contributed by atoms with Crippen molar-refractivity contribution in [2.24, 2.45) is 4.99 Å². The third-order valence-corrected chi connectivity index (χ3v) is 3.85. The van der Waals surface area contributed by atoms with Crippen molar-refractivity contribution in [2.75, 3.05) is 21.3 Å². The van der Waals surface area contributed by atoms with E-state index in [0.717, 1.165) is 0 Å². The first kappa shape index (κ1) is 17.5. The molecule has 134 valence electrons. The van der Waals surface area contributed by atoms with E-state index in [-0.39, 0.29) is 17.1 Å². The maximum Gasteiger partial charge on any atom is 0.275 e. The molecular formula is C19H17FN2O4. The van der Waals surface area contributed by atoms with E-state index in [1.54, 1.807) is 36.4 Å². The fourth-order valence-corrected chi connectivity index (χ4v) is 2.63. The molecule has 1 heterocycles. The second kappa shape index (κ2) is 7.26. The Morgan fingerprint density at radius 1 is 1.00 bits per heavy atom. The smallest absolute Gasteiger partial charge is 0.275 e. The molecule has 1 aliphatic heterocycles. The Morgan fingerprint density at radius 2 is 1.73 bits per heavy atom. The van der Waals surface area contributed by atoms with E-state index in [1.165, 1.54) is 27.4 Å². The van der Waals surface area contributed by atoms with E-state index in [2.05, 4.69) is 10.3 Å². The average molecular weight is 356 g/mol. The molecule has 0 aromatic heterocycles. The zero-order chi connectivity index (χ0) is 18.7. The Kier molecular flexibility index (Phi) is 4.88. The highest BCUT2D eigenvalue weighted by atomic mass is 19.1. The van der Waals surface area contributed by atoms with Crippen molar-refractivity contribution in [3.05, 3.63) is 59.0 Å². The van der Waals surface area contributed by atoms with Gasteiger partial charge in [-0.1, -0.05) is 12.1 Å². The van der Waals surface area contributed by atoms with Crippen molar-refractivity contribution < 1.29 is 23.4 Å². The maximum absolute atomic E-state index is 13.9. The molecule has 0 atom stereocenters. The number of hydrogen-bond acceptors (Lipinski definition) is 5. The molecule has 26 heavy (non-hydrogen) atoms. The number of nitrogens with zero attached hydrogens (tertiary/aromatic N) is 1. The summed E-state index contributed by atoms with van der Waals surface area (Å²) < 4.78 is 29.9. The SMILES string of the molecule is COc1ccc(C=C2N=C(c3ccccc3F)NC2=O)c(OC)c1OC. The number of rotatable bonds is 5. The van der Waals surface area contributed by atoms with Crippen LogP contribution in [0.1, 0.15) is 11.1 Å². The van der Waals surface area contributed by atoms with Crippen molar-refractivity contribution in [2.45, 2.75) is 0 Å². The van der Waals surface area contributed by atoms with Crippen LogP contribution in [0.5, 0.6) is 17.2 Å². The summed E-state index contributed by atoms with van der Waals surface area (Å²) in [6.45, 7) is 0. The highest BCUT2D eigenvalue weighted by Crippen LogP contribution is 2.40. The molecule has 0 bridgehead atoms. The van der Waals surface area contributed by atoms with Crippen LogP contribution >= 0.6 is 0 Å².